The first-order chi connectivity index (χ1) is 12.0. The molecule has 0 amide bonds. The molecule has 0 bridgehead atoms. The molecule has 1 aromatic heterocycles. The predicted molar refractivity (Wildman–Crippen MR) is 99.0 cm³/mol. The number of hydrogen-bond acceptors (Lipinski definition) is 5. The summed E-state index contributed by atoms with van der Waals surface area (Å²) in [6.07, 6.45) is 1.44. The van der Waals surface area contributed by atoms with Crippen molar-refractivity contribution >= 4 is 47.3 Å². The molecule has 126 valence electrons. The molecule has 2 aromatic carbocycles. The summed E-state index contributed by atoms with van der Waals surface area (Å²) in [5, 5.41) is 22.7. The molecule has 0 spiro atoms. The molecule has 1 heterocycles. The first-order valence-electron chi connectivity index (χ1n) is 6.87. The second-order valence-electron chi connectivity index (χ2n) is 4.88. The van der Waals surface area contributed by atoms with Gasteiger partial charge in [0.15, 0.2) is 5.82 Å². The lowest BCUT2D eigenvalue weighted by Crippen LogP contribution is -1.96. The molecule has 0 radical (unpaired) electrons. The molecule has 3 rings (SSSR count). The van der Waals surface area contributed by atoms with Crippen LogP contribution in [0.25, 0.3) is 11.4 Å². The van der Waals surface area contributed by atoms with Crippen molar-refractivity contribution in [2.24, 2.45) is 5.10 Å². The molecule has 0 aliphatic rings. The van der Waals surface area contributed by atoms with Crippen molar-refractivity contribution in [3.05, 3.63) is 73.0 Å². The number of H-pyrrole nitrogens is 1. The average molecular weight is 394 g/mol. The number of halogens is 2. The van der Waals surface area contributed by atoms with Gasteiger partial charge in [0.1, 0.15) is 5.02 Å². The van der Waals surface area contributed by atoms with Gasteiger partial charge in [-0.15, -0.1) is 0 Å². The van der Waals surface area contributed by atoms with Crippen molar-refractivity contribution in [3.63, 3.8) is 0 Å². The summed E-state index contributed by atoms with van der Waals surface area (Å²) in [6.45, 7) is 0. The molecule has 0 aliphatic heterocycles. The van der Waals surface area contributed by atoms with Crippen LogP contribution in [0, 0.1) is 14.9 Å². The lowest BCUT2D eigenvalue weighted by molar-refractivity contribution is -0.384. The maximum Gasteiger partial charge on any atom is 0.288 e. The summed E-state index contributed by atoms with van der Waals surface area (Å²) in [5.41, 5.74) is 1.07. The topological polar surface area (TPSA) is 89.1 Å². The van der Waals surface area contributed by atoms with Crippen molar-refractivity contribution in [2.45, 2.75) is 0 Å². The van der Waals surface area contributed by atoms with Crippen LogP contribution in [0.2, 0.25) is 10.0 Å². The summed E-state index contributed by atoms with van der Waals surface area (Å²) in [7, 11) is 0. The Hall–Kier alpha value is -2.55. The van der Waals surface area contributed by atoms with Gasteiger partial charge in [-0.2, -0.15) is 14.9 Å². The molecule has 10 heteroatoms. The molecule has 0 aliphatic carbocycles. The molecule has 7 nitrogen and oxygen atoms in total. The van der Waals surface area contributed by atoms with Crippen LogP contribution in [0.4, 0.5) is 5.69 Å². The minimum Gasteiger partial charge on any atom is -0.258 e. The molecular formula is C15H9Cl2N5O2S. The molecule has 0 atom stereocenters. The summed E-state index contributed by atoms with van der Waals surface area (Å²) >= 11 is 16.9. The largest absolute Gasteiger partial charge is 0.288 e. The molecule has 0 saturated carbocycles. The lowest BCUT2D eigenvalue weighted by Gasteiger charge is -2.01. The Kier molecular flexibility index (Phi) is 4.93. The van der Waals surface area contributed by atoms with E-state index in [0.29, 0.717) is 16.4 Å². The molecule has 25 heavy (non-hydrogen) atoms. The van der Waals surface area contributed by atoms with E-state index in [9.17, 15) is 10.1 Å². The number of aromatic nitrogens is 3. The van der Waals surface area contributed by atoms with Crippen LogP contribution in [0.15, 0.2) is 47.6 Å². The van der Waals surface area contributed by atoms with Gasteiger partial charge in [0.05, 0.1) is 11.1 Å². The van der Waals surface area contributed by atoms with Crippen molar-refractivity contribution in [2.75, 3.05) is 0 Å². The molecule has 3 aromatic rings. The summed E-state index contributed by atoms with van der Waals surface area (Å²) < 4.78 is 1.70. The van der Waals surface area contributed by atoms with Crippen LogP contribution in [0.1, 0.15) is 5.56 Å². The monoisotopic (exact) mass is 393 g/mol. The van der Waals surface area contributed by atoms with Crippen molar-refractivity contribution in [1.29, 1.82) is 0 Å². The number of nitrogens with zero attached hydrogens (tertiary/aromatic N) is 4. The second-order valence-corrected chi connectivity index (χ2v) is 6.11. The van der Waals surface area contributed by atoms with Gasteiger partial charge in [-0.3, -0.25) is 10.1 Å². The SMILES string of the molecule is O=[N+]([O-])c1cc(C=Nn2c(-c3ccc(Cl)cc3)n[nH]c2=S)ccc1Cl. The van der Waals surface area contributed by atoms with Gasteiger partial charge in [-0.1, -0.05) is 29.3 Å². The van der Waals surface area contributed by atoms with E-state index in [0.717, 1.165) is 5.56 Å². The number of nitro groups is 1. The second kappa shape index (κ2) is 7.14. The van der Waals surface area contributed by atoms with Crippen molar-refractivity contribution < 1.29 is 4.92 Å². The highest BCUT2D eigenvalue weighted by Crippen LogP contribution is 2.24. The molecule has 0 saturated heterocycles. The van der Waals surface area contributed by atoms with Gasteiger partial charge in [0, 0.05) is 22.2 Å². The Balaban J connectivity index is 1.99. The number of nitro benzene ring substituents is 1. The van der Waals surface area contributed by atoms with Crippen LogP contribution >= 0.6 is 35.4 Å². The zero-order valence-corrected chi connectivity index (χ0v) is 14.7. The van der Waals surface area contributed by atoms with Crippen LogP contribution in [0.3, 0.4) is 0 Å². The van der Waals surface area contributed by atoms with Gasteiger partial charge >= 0.3 is 0 Å². The van der Waals surface area contributed by atoms with E-state index >= 15 is 0 Å². The maximum atomic E-state index is 11.0. The van der Waals surface area contributed by atoms with E-state index in [4.69, 9.17) is 35.4 Å². The highest BCUT2D eigenvalue weighted by atomic mass is 35.5. The van der Waals surface area contributed by atoms with Gasteiger partial charge in [-0.05, 0) is 42.5 Å². The van der Waals surface area contributed by atoms with E-state index in [1.807, 2.05) is 0 Å². The molecule has 0 fully saturated rings. The Bertz CT molecular complexity index is 1030. The maximum absolute atomic E-state index is 11.0. The van der Waals surface area contributed by atoms with E-state index in [1.165, 1.54) is 23.0 Å². The summed E-state index contributed by atoms with van der Waals surface area (Å²) in [6, 6.07) is 11.4. The first kappa shape index (κ1) is 17.3. The lowest BCUT2D eigenvalue weighted by atomic mass is 10.2. The van der Waals surface area contributed by atoms with Crippen LogP contribution in [-0.2, 0) is 0 Å². The number of benzene rings is 2. The number of rotatable bonds is 4. The average Bonchev–Trinajstić information content (AvgIpc) is 2.95. The smallest absolute Gasteiger partial charge is 0.258 e. The number of nitrogens with one attached hydrogen (secondary N) is 1. The predicted octanol–water partition coefficient (Wildman–Crippen LogP) is 4.70. The molecule has 0 unspecified atom stereocenters. The Morgan fingerprint density at radius 3 is 2.64 bits per heavy atom. The van der Waals surface area contributed by atoms with Crippen LogP contribution in [0.5, 0.6) is 0 Å². The standard InChI is InChI=1S/C15H9Cl2N5O2S/c16-11-4-2-10(3-5-11)14-19-20-15(25)21(14)18-8-9-1-6-12(17)13(7-9)22(23)24/h1-8H,(H,20,25). The van der Waals surface area contributed by atoms with Gasteiger partial charge in [-0.25, -0.2) is 5.10 Å². The zero-order valence-electron chi connectivity index (χ0n) is 12.4. The fourth-order valence-electron chi connectivity index (χ4n) is 2.06. The quantitative estimate of drug-likeness (QED) is 0.301. The minimum atomic E-state index is -0.553. The van der Waals surface area contributed by atoms with E-state index < -0.39 is 4.92 Å². The fraction of sp³-hybridized carbons (Fsp3) is 0. The van der Waals surface area contributed by atoms with Gasteiger partial charge in [0.25, 0.3) is 5.69 Å². The van der Waals surface area contributed by atoms with E-state index in [2.05, 4.69) is 15.3 Å². The Morgan fingerprint density at radius 1 is 1.24 bits per heavy atom. The highest BCUT2D eigenvalue weighted by Gasteiger charge is 2.12. The highest BCUT2D eigenvalue weighted by molar-refractivity contribution is 7.71. The summed E-state index contributed by atoms with van der Waals surface area (Å²) in [4.78, 5) is 10.4. The first-order valence-corrected chi connectivity index (χ1v) is 8.04. The van der Waals surface area contributed by atoms with Gasteiger partial charge in [0.2, 0.25) is 4.77 Å². The van der Waals surface area contributed by atoms with Crippen molar-refractivity contribution in [3.8, 4) is 11.4 Å². The fourth-order valence-corrected chi connectivity index (χ4v) is 2.55. The van der Waals surface area contributed by atoms with Crippen LogP contribution in [-0.4, -0.2) is 26.0 Å². The third kappa shape index (κ3) is 3.76. The normalized spacial score (nSPS) is 11.1. The number of aromatic amines is 1. The number of hydrogen-bond donors (Lipinski definition) is 1. The minimum absolute atomic E-state index is 0.0592. The van der Waals surface area contributed by atoms with E-state index in [-0.39, 0.29) is 15.5 Å². The van der Waals surface area contributed by atoms with Crippen LogP contribution < -0.4 is 0 Å². The molecule has 1 N–H and O–H groups in total. The van der Waals surface area contributed by atoms with Crippen molar-refractivity contribution in [1.82, 2.24) is 14.9 Å². The Labute approximate surface area is 156 Å². The van der Waals surface area contributed by atoms with E-state index in [1.54, 1.807) is 30.3 Å². The third-order valence-corrected chi connectivity index (χ3v) is 4.08. The zero-order chi connectivity index (χ0) is 18.0. The molecular weight excluding hydrogens is 385 g/mol. The summed E-state index contributed by atoms with van der Waals surface area (Å²) in [5.74, 6) is 0.487. The Morgan fingerprint density at radius 2 is 1.96 bits per heavy atom. The van der Waals surface area contributed by atoms with Gasteiger partial charge < -0.3 is 0 Å². The third-order valence-electron chi connectivity index (χ3n) is 3.24.